The van der Waals surface area contributed by atoms with Crippen LogP contribution in [0.5, 0.6) is 0 Å². The molecule has 0 saturated heterocycles. The molecule has 13 heteroatoms. The van der Waals surface area contributed by atoms with Crippen molar-refractivity contribution in [3.8, 4) is 0 Å². The Balaban J connectivity index is 1.84. The number of amides is 2. The molecule has 3 aromatic heterocycles. The molecule has 0 aliphatic rings. The highest BCUT2D eigenvalue weighted by atomic mass is 32.1. The fraction of sp³-hybridized carbons (Fsp3) is 0.556. The van der Waals surface area contributed by atoms with Gasteiger partial charge in [0.1, 0.15) is 26.4 Å². The van der Waals surface area contributed by atoms with E-state index in [0.29, 0.717) is 21.6 Å². The highest BCUT2D eigenvalue weighted by molar-refractivity contribution is 7.10. The van der Waals surface area contributed by atoms with E-state index in [-0.39, 0.29) is 47.1 Å². The third kappa shape index (κ3) is 6.76. The number of carboxylic acid groups (broad SMARTS) is 1. The number of carbonyl (C=O) groups excluding carboxylic acids is 2. The first-order valence-electron chi connectivity index (χ1n) is 13.1. The summed E-state index contributed by atoms with van der Waals surface area (Å²) in [5, 5.41) is 19.6. The van der Waals surface area contributed by atoms with E-state index in [4.69, 9.17) is 0 Å². The Bertz CT molecular complexity index is 1330. The summed E-state index contributed by atoms with van der Waals surface area (Å²) in [6.07, 6.45) is 0. The maximum absolute atomic E-state index is 13.5. The molecule has 0 bridgehead atoms. The van der Waals surface area contributed by atoms with Crippen molar-refractivity contribution in [3.05, 3.63) is 48.2 Å². The molecule has 3 atom stereocenters. The van der Waals surface area contributed by atoms with Crippen LogP contribution in [0.2, 0.25) is 0 Å². The van der Waals surface area contributed by atoms with Crippen LogP contribution < -0.4 is 5.32 Å². The lowest BCUT2D eigenvalue weighted by Crippen LogP contribution is -2.35. The Morgan fingerprint density at radius 3 is 1.43 bits per heavy atom. The Morgan fingerprint density at radius 2 is 1.07 bits per heavy atom. The van der Waals surface area contributed by atoms with Gasteiger partial charge in [-0.2, -0.15) is 0 Å². The summed E-state index contributed by atoms with van der Waals surface area (Å²) in [7, 11) is 5.32. The molecule has 2 amide bonds. The van der Waals surface area contributed by atoms with E-state index < -0.39 is 12.0 Å². The molecule has 2 N–H and O–H groups in total. The van der Waals surface area contributed by atoms with Gasteiger partial charge in [-0.05, 0) is 24.8 Å². The molecular weight excluding hydrogens is 569 g/mol. The standard InChI is InChI=1S/C27H38N6O4S3/c1-13(2)19(28-7)22-29-16(10-38-22)25(34)32(8)20(14(3)4)23-30-17(11-39-23)26(35)33(9)21(15(5)6)24-31-18(12-40-24)27(36)37/h10-15,19-21,28H,1-9H3,(H,36,37)/t19-,20-,21-/m0/s1. The monoisotopic (exact) mass is 606 g/mol. The lowest BCUT2D eigenvalue weighted by Gasteiger charge is -2.30. The van der Waals surface area contributed by atoms with Crippen molar-refractivity contribution in [2.75, 3.05) is 21.1 Å². The maximum Gasteiger partial charge on any atom is 0.355 e. The van der Waals surface area contributed by atoms with Crippen molar-refractivity contribution in [1.82, 2.24) is 30.1 Å². The molecule has 0 aromatic carbocycles. The van der Waals surface area contributed by atoms with E-state index in [0.717, 1.165) is 5.01 Å². The number of aromatic carboxylic acids is 1. The van der Waals surface area contributed by atoms with E-state index in [9.17, 15) is 19.5 Å². The normalized spacial score (nSPS) is 14.0. The first-order chi connectivity index (χ1) is 18.8. The molecule has 3 heterocycles. The highest BCUT2D eigenvalue weighted by Crippen LogP contribution is 2.34. The van der Waals surface area contributed by atoms with Gasteiger partial charge in [0.2, 0.25) is 0 Å². The van der Waals surface area contributed by atoms with Crippen molar-refractivity contribution in [3.63, 3.8) is 0 Å². The Kier molecular flexibility index (Phi) is 10.6. The summed E-state index contributed by atoms with van der Waals surface area (Å²) in [5.41, 5.74) is 0.637. The SMILES string of the molecule is CN[C@H](c1nc(C(=O)N(C)[C@H](c2nc(C(=O)N(C)[C@H](c3nc(C(=O)O)cs3)C(C)C)cs2)C(C)C)cs1)C(C)C. The van der Waals surface area contributed by atoms with Crippen LogP contribution >= 0.6 is 34.0 Å². The van der Waals surface area contributed by atoms with Gasteiger partial charge in [-0.15, -0.1) is 34.0 Å². The van der Waals surface area contributed by atoms with Crippen molar-refractivity contribution in [2.24, 2.45) is 17.8 Å². The summed E-state index contributed by atoms with van der Waals surface area (Å²) in [6.45, 7) is 12.2. The Labute approximate surface area is 247 Å². The van der Waals surface area contributed by atoms with Gasteiger partial charge in [0.05, 0.1) is 18.1 Å². The number of nitrogens with zero attached hydrogens (tertiary/aromatic N) is 5. The van der Waals surface area contributed by atoms with Crippen molar-refractivity contribution >= 4 is 51.8 Å². The molecule has 0 aliphatic carbocycles. The molecule has 0 spiro atoms. The Hall–Kier alpha value is -2.74. The van der Waals surface area contributed by atoms with Gasteiger partial charge in [-0.1, -0.05) is 41.5 Å². The minimum absolute atomic E-state index is 0.00628. The second-order valence-electron chi connectivity index (χ2n) is 10.7. The molecule has 40 heavy (non-hydrogen) atoms. The van der Waals surface area contributed by atoms with Crippen LogP contribution in [0, 0.1) is 17.8 Å². The van der Waals surface area contributed by atoms with Crippen molar-refractivity contribution < 1.29 is 19.5 Å². The molecule has 3 aromatic rings. The fourth-order valence-electron chi connectivity index (χ4n) is 4.72. The molecule has 0 unspecified atom stereocenters. The summed E-state index contributed by atoms with van der Waals surface area (Å²) < 4.78 is 0. The van der Waals surface area contributed by atoms with E-state index in [1.54, 1.807) is 34.7 Å². The van der Waals surface area contributed by atoms with Gasteiger partial charge in [-0.3, -0.25) is 9.59 Å². The summed E-state index contributed by atoms with van der Waals surface area (Å²) in [5.74, 6) is -1.23. The Morgan fingerprint density at radius 1 is 0.700 bits per heavy atom. The molecular formula is C27H38N6O4S3. The van der Waals surface area contributed by atoms with Crippen LogP contribution in [-0.4, -0.2) is 68.8 Å². The minimum atomic E-state index is -1.10. The lowest BCUT2D eigenvalue weighted by molar-refractivity contribution is 0.0675. The number of rotatable bonds is 12. The minimum Gasteiger partial charge on any atom is -0.476 e. The molecule has 0 aliphatic heterocycles. The first-order valence-corrected chi connectivity index (χ1v) is 15.7. The third-order valence-corrected chi connectivity index (χ3v) is 9.47. The topological polar surface area (TPSA) is 129 Å². The van der Waals surface area contributed by atoms with Crippen LogP contribution in [0.3, 0.4) is 0 Å². The number of hydrogen-bond acceptors (Lipinski definition) is 10. The van der Waals surface area contributed by atoms with Gasteiger partial charge in [0.25, 0.3) is 11.8 Å². The van der Waals surface area contributed by atoms with Crippen LogP contribution in [0.15, 0.2) is 16.1 Å². The summed E-state index contributed by atoms with van der Waals surface area (Å²) >= 11 is 4.04. The van der Waals surface area contributed by atoms with Crippen LogP contribution in [0.1, 0.15) is 106 Å². The number of carbonyl (C=O) groups is 3. The fourth-order valence-corrected chi connectivity index (χ4v) is 8.01. The van der Waals surface area contributed by atoms with Gasteiger partial charge in [0.15, 0.2) is 5.69 Å². The van der Waals surface area contributed by atoms with E-state index in [1.807, 2.05) is 34.7 Å². The average Bonchev–Trinajstić information content (AvgIpc) is 3.64. The molecule has 0 fully saturated rings. The number of thiazole rings is 3. The molecule has 3 rings (SSSR count). The van der Waals surface area contributed by atoms with Gasteiger partial charge in [-0.25, -0.2) is 19.7 Å². The second kappa shape index (κ2) is 13.3. The summed E-state index contributed by atoms with van der Waals surface area (Å²) in [4.78, 5) is 55.1. The third-order valence-electron chi connectivity index (χ3n) is 6.71. The molecule has 0 saturated carbocycles. The number of nitrogens with one attached hydrogen (secondary N) is 1. The largest absolute Gasteiger partial charge is 0.476 e. The van der Waals surface area contributed by atoms with Crippen molar-refractivity contribution in [1.29, 1.82) is 0 Å². The predicted octanol–water partition coefficient (Wildman–Crippen LogP) is 5.61. The average molecular weight is 607 g/mol. The van der Waals surface area contributed by atoms with Crippen molar-refractivity contribution in [2.45, 2.75) is 59.7 Å². The smallest absolute Gasteiger partial charge is 0.355 e. The van der Waals surface area contributed by atoms with E-state index in [1.165, 1.54) is 39.4 Å². The zero-order chi connectivity index (χ0) is 29.9. The van der Waals surface area contributed by atoms with Gasteiger partial charge >= 0.3 is 5.97 Å². The van der Waals surface area contributed by atoms with Gasteiger partial charge in [0, 0.05) is 30.2 Å². The number of aromatic nitrogens is 3. The zero-order valence-electron chi connectivity index (χ0n) is 24.3. The first kappa shape index (κ1) is 31.8. The molecule has 0 radical (unpaired) electrons. The number of hydrogen-bond donors (Lipinski definition) is 2. The molecule has 10 nitrogen and oxygen atoms in total. The van der Waals surface area contributed by atoms with Crippen LogP contribution in [0.25, 0.3) is 0 Å². The predicted molar refractivity (Wildman–Crippen MR) is 159 cm³/mol. The second-order valence-corrected chi connectivity index (χ2v) is 13.4. The quantitative estimate of drug-likeness (QED) is 0.272. The van der Waals surface area contributed by atoms with E-state index >= 15 is 0 Å². The van der Waals surface area contributed by atoms with E-state index in [2.05, 4.69) is 34.1 Å². The highest BCUT2D eigenvalue weighted by Gasteiger charge is 2.33. The van der Waals surface area contributed by atoms with Gasteiger partial charge < -0.3 is 20.2 Å². The zero-order valence-corrected chi connectivity index (χ0v) is 26.8. The number of carboxylic acids is 1. The summed E-state index contributed by atoms with van der Waals surface area (Å²) in [6, 6.07) is -0.693. The maximum atomic E-state index is 13.5. The van der Waals surface area contributed by atoms with Crippen LogP contribution in [-0.2, 0) is 0 Å². The van der Waals surface area contributed by atoms with Crippen LogP contribution in [0.4, 0.5) is 0 Å². The lowest BCUT2D eigenvalue weighted by atomic mass is 10.0. The molecule has 218 valence electrons.